The third kappa shape index (κ3) is 4.00. The van der Waals surface area contributed by atoms with Crippen LogP contribution in [0.15, 0.2) is 60.7 Å². The standard InChI is InChI=1S/C22H29NO2/c1-5-21(25)22(18-12-8-6-9-13-18,19-14-10-7-11-15-19)16-20(17(2)24)23(3)4/h6-15,17,20,24H,5,16H2,1-4H3/t17-,20+/m0/s1. The summed E-state index contributed by atoms with van der Waals surface area (Å²) in [4.78, 5) is 15.3. The van der Waals surface area contributed by atoms with Gasteiger partial charge in [-0.25, -0.2) is 0 Å². The highest BCUT2D eigenvalue weighted by molar-refractivity contribution is 5.93. The van der Waals surface area contributed by atoms with E-state index in [9.17, 15) is 9.90 Å². The maximum Gasteiger partial charge on any atom is 0.147 e. The fraction of sp³-hybridized carbons (Fsp3) is 0.409. The highest BCUT2D eigenvalue weighted by Gasteiger charge is 2.43. The Morgan fingerprint density at radius 3 is 1.76 bits per heavy atom. The molecule has 3 heteroatoms. The number of aliphatic hydroxyl groups is 1. The molecule has 0 saturated heterocycles. The van der Waals surface area contributed by atoms with Crippen LogP contribution in [0, 0.1) is 0 Å². The second-order valence-corrected chi connectivity index (χ2v) is 6.89. The van der Waals surface area contributed by atoms with Crippen LogP contribution in [0.1, 0.15) is 37.8 Å². The van der Waals surface area contributed by atoms with E-state index >= 15 is 0 Å². The first-order valence-electron chi connectivity index (χ1n) is 8.92. The van der Waals surface area contributed by atoms with Crippen LogP contribution in [0.5, 0.6) is 0 Å². The van der Waals surface area contributed by atoms with E-state index in [4.69, 9.17) is 0 Å². The molecule has 25 heavy (non-hydrogen) atoms. The molecule has 134 valence electrons. The molecular formula is C22H29NO2. The average Bonchev–Trinajstić information content (AvgIpc) is 2.63. The molecule has 2 rings (SSSR count). The molecule has 1 N–H and O–H groups in total. The fourth-order valence-electron chi connectivity index (χ4n) is 3.68. The molecule has 2 aromatic carbocycles. The molecule has 0 aliphatic heterocycles. The number of rotatable bonds is 8. The lowest BCUT2D eigenvalue weighted by atomic mass is 9.66. The van der Waals surface area contributed by atoms with E-state index in [1.54, 1.807) is 6.92 Å². The molecule has 0 heterocycles. The summed E-state index contributed by atoms with van der Waals surface area (Å²) in [5.74, 6) is 0.178. The molecule has 3 nitrogen and oxygen atoms in total. The van der Waals surface area contributed by atoms with Crippen molar-refractivity contribution in [3.05, 3.63) is 71.8 Å². The Labute approximate surface area is 151 Å². The lowest BCUT2D eigenvalue weighted by molar-refractivity contribution is -0.123. The van der Waals surface area contributed by atoms with Crippen molar-refractivity contribution in [3.63, 3.8) is 0 Å². The van der Waals surface area contributed by atoms with Crippen LogP contribution in [0.25, 0.3) is 0 Å². The molecule has 2 aromatic rings. The van der Waals surface area contributed by atoms with Gasteiger partial charge in [-0.05, 0) is 38.6 Å². The second kappa shape index (κ2) is 8.41. The molecule has 2 atom stereocenters. The first-order valence-corrected chi connectivity index (χ1v) is 8.92. The van der Waals surface area contributed by atoms with Gasteiger partial charge in [-0.15, -0.1) is 0 Å². The summed E-state index contributed by atoms with van der Waals surface area (Å²) in [6, 6.07) is 19.8. The topological polar surface area (TPSA) is 40.5 Å². The smallest absolute Gasteiger partial charge is 0.147 e. The average molecular weight is 339 g/mol. The minimum atomic E-state index is -0.761. The minimum Gasteiger partial charge on any atom is -0.392 e. The van der Waals surface area contributed by atoms with Crippen molar-refractivity contribution < 1.29 is 9.90 Å². The minimum absolute atomic E-state index is 0.129. The Kier molecular flexibility index (Phi) is 6.51. The number of aliphatic hydroxyl groups excluding tert-OH is 1. The summed E-state index contributed by atoms with van der Waals surface area (Å²) in [6.45, 7) is 3.71. The van der Waals surface area contributed by atoms with Crippen molar-refractivity contribution in [1.29, 1.82) is 0 Å². The van der Waals surface area contributed by atoms with Gasteiger partial charge in [0.2, 0.25) is 0 Å². The van der Waals surface area contributed by atoms with Gasteiger partial charge < -0.3 is 10.0 Å². The van der Waals surface area contributed by atoms with Crippen LogP contribution in [0.2, 0.25) is 0 Å². The van der Waals surface area contributed by atoms with Crippen molar-refractivity contribution in [1.82, 2.24) is 4.90 Å². The van der Waals surface area contributed by atoms with Gasteiger partial charge in [0.25, 0.3) is 0 Å². The fourth-order valence-corrected chi connectivity index (χ4v) is 3.68. The molecule has 0 amide bonds. The van der Waals surface area contributed by atoms with Crippen LogP contribution in [0.3, 0.4) is 0 Å². The SMILES string of the molecule is CCC(=O)C(C[C@H]([C@H](C)O)N(C)C)(c1ccccc1)c1ccccc1. The van der Waals surface area contributed by atoms with Crippen molar-refractivity contribution in [2.75, 3.05) is 14.1 Å². The zero-order valence-corrected chi connectivity index (χ0v) is 15.6. The summed E-state index contributed by atoms with van der Waals surface area (Å²) in [5, 5.41) is 10.3. The van der Waals surface area contributed by atoms with Crippen molar-refractivity contribution in [2.24, 2.45) is 0 Å². The Morgan fingerprint density at radius 2 is 1.44 bits per heavy atom. The van der Waals surface area contributed by atoms with Gasteiger partial charge in [-0.1, -0.05) is 67.6 Å². The number of hydrogen-bond donors (Lipinski definition) is 1. The first kappa shape index (κ1) is 19.4. The number of likely N-dealkylation sites (N-methyl/N-ethyl adjacent to an activating group) is 1. The molecule has 0 aromatic heterocycles. The summed E-state index contributed by atoms with van der Waals surface area (Å²) < 4.78 is 0. The summed E-state index contributed by atoms with van der Waals surface area (Å²) in [6.07, 6.45) is 0.453. The van der Waals surface area contributed by atoms with E-state index < -0.39 is 11.5 Å². The molecule has 0 spiro atoms. The number of nitrogens with zero attached hydrogens (tertiary/aromatic N) is 1. The van der Waals surface area contributed by atoms with Crippen molar-refractivity contribution in [3.8, 4) is 0 Å². The Balaban J connectivity index is 2.70. The van der Waals surface area contributed by atoms with E-state index in [0.29, 0.717) is 12.8 Å². The van der Waals surface area contributed by atoms with Gasteiger partial charge in [-0.3, -0.25) is 4.79 Å². The van der Waals surface area contributed by atoms with Crippen LogP contribution >= 0.6 is 0 Å². The molecule has 0 unspecified atom stereocenters. The highest BCUT2D eigenvalue weighted by atomic mass is 16.3. The van der Waals surface area contributed by atoms with Gasteiger partial charge in [-0.2, -0.15) is 0 Å². The van der Waals surface area contributed by atoms with Gasteiger partial charge in [0, 0.05) is 12.5 Å². The van der Waals surface area contributed by atoms with Gasteiger partial charge >= 0.3 is 0 Å². The zero-order chi connectivity index (χ0) is 18.4. The summed E-state index contributed by atoms with van der Waals surface area (Å²) in [5.41, 5.74) is 1.21. The van der Waals surface area contributed by atoms with Crippen molar-refractivity contribution >= 4 is 5.78 Å². The van der Waals surface area contributed by atoms with Crippen LogP contribution in [-0.4, -0.2) is 42.0 Å². The quantitative estimate of drug-likeness (QED) is 0.798. The molecule has 0 aliphatic rings. The Bertz CT molecular complexity index is 617. The van der Waals surface area contributed by atoms with Gasteiger partial charge in [0.15, 0.2) is 0 Å². The van der Waals surface area contributed by atoms with Crippen LogP contribution in [-0.2, 0) is 10.2 Å². The maximum atomic E-state index is 13.3. The summed E-state index contributed by atoms with van der Waals surface area (Å²) in [7, 11) is 3.91. The third-order valence-corrected chi connectivity index (χ3v) is 5.07. The van der Waals surface area contributed by atoms with E-state index in [0.717, 1.165) is 11.1 Å². The number of Topliss-reactive ketones (excluding diaryl/α,β-unsaturated/α-hetero) is 1. The normalized spacial score (nSPS) is 14.3. The molecule has 0 radical (unpaired) electrons. The largest absolute Gasteiger partial charge is 0.392 e. The Hall–Kier alpha value is -1.97. The van der Waals surface area contributed by atoms with Gasteiger partial charge in [0.1, 0.15) is 5.78 Å². The first-order chi connectivity index (χ1) is 11.9. The van der Waals surface area contributed by atoms with E-state index in [1.165, 1.54) is 0 Å². The molecule has 0 bridgehead atoms. The predicted octanol–water partition coefficient (Wildman–Crippen LogP) is 3.65. The zero-order valence-electron chi connectivity index (χ0n) is 15.6. The number of carbonyl (C=O) groups excluding carboxylic acids is 1. The predicted molar refractivity (Wildman–Crippen MR) is 103 cm³/mol. The number of ketones is 1. The monoisotopic (exact) mass is 339 g/mol. The third-order valence-electron chi connectivity index (χ3n) is 5.07. The van der Waals surface area contributed by atoms with Gasteiger partial charge in [0.05, 0.1) is 11.5 Å². The van der Waals surface area contributed by atoms with Crippen LogP contribution in [0.4, 0.5) is 0 Å². The van der Waals surface area contributed by atoms with Crippen molar-refractivity contribution in [2.45, 2.75) is 44.2 Å². The van der Waals surface area contributed by atoms with Crippen LogP contribution < -0.4 is 0 Å². The van der Waals surface area contributed by atoms with E-state index in [2.05, 4.69) is 0 Å². The molecular weight excluding hydrogens is 310 g/mol. The van der Waals surface area contributed by atoms with E-state index in [1.807, 2.05) is 86.6 Å². The number of carbonyl (C=O) groups is 1. The molecule has 0 fully saturated rings. The van der Waals surface area contributed by atoms with E-state index in [-0.39, 0.29) is 11.8 Å². The lowest BCUT2D eigenvalue weighted by Gasteiger charge is -2.39. The molecule has 0 saturated carbocycles. The Morgan fingerprint density at radius 1 is 1.00 bits per heavy atom. The maximum absolute atomic E-state index is 13.3. The number of hydrogen-bond acceptors (Lipinski definition) is 3. The second-order valence-electron chi connectivity index (χ2n) is 6.89. The number of benzene rings is 2. The summed E-state index contributed by atoms with van der Waals surface area (Å²) >= 11 is 0. The highest BCUT2D eigenvalue weighted by Crippen LogP contribution is 2.40. The lowest BCUT2D eigenvalue weighted by Crippen LogP contribution is -2.47. The molecule has 0 aliphatic carbocycles.